The number of likely N-dealkylation sites (N-methyl/N-ethyl adjacent to an activating group) is 1. The van der Waals surface area contributed by atoms with Crippen molar-refractivity contribution in [3.05, 3.63) is 29.5 Å². The molecule has 1 aromatic carbocycles. The molecule has 29 heavy (non-hydrogen) atoms. The molecule has 7 nitrogen and oxygen atoms in total. The lowest BCUT2D eigenvalue weighted by molar-refractivity contribution is -0.137. The van der Waals surface area contributed by atoms with Crippen molar-refractivity contribution in [3.8, 4) is 23.0 Å². The summed E-state index contributed by atoms with van der Waals surface area (Å²) in [5.74, 6) is 0.124. The van der Waals surface area contributed by atoms with Gasteiger partial charge in [0.1, 0.15) is 17.7 Å². The molecular formula is C19H20F3N5O2. The number of nitrogens with zero attached hydrogens (tertiary/aromatic N) is 5. The van der Waals surface area contributed by atoms with E-state index in [2.05, 4.69) is 19.9 Å². The van der Waals surface area contributed by atoms with Crippen LogP contribution in [-0.4, -0.2) is 55.8 Å². The summed E-state index contributed by atoms with van der Waals surface area (Å²) in [6.07, 6.45) is -2.12. The van der Waals surface area contributed by atoms with E-state index in [9.17, 15) is 18.3 Å². The summed E-state index contributed by atoms with van der Waals surface area (Å²) in [7, 11) is 3.69. The van der Waals surface area contributed by atoms with Crippen LogP contribution >= 0.6 is 0 Å². The Kier molecular flexibility index (Phi) is 4.60. The average Bonchev–Trinajstić information content (AvgIpc) is 3.17. The summed E-state index contributed by atoms with van der Waals surface area (Å²) in [5.41, 5.74) is 0.282. The second-order valence-electron chi connectivity index (χ2n) is 7.33. The third-order valence-corrected chi connectivity index (χ3v) is 5.06. The number of alkyl halides is 3. The van der Waals surface area contributed by atoms with E-state index in [1.165, 1.54) is 13.1 Å². The van der Waals surface area contributed by atoms with Crippen LogP contribution in [0.2, 0.25) is 0 Å². The Morgan fingerprint density at radius 1 is 1.21 bits per heavy atom. The Bertz CT molecular complexity index is 1060. The molecule has 3 aromatic rings. The number of benzene rings is 1. The molecule has 1 atom stereocenters. The monoisotopic (exact) mass is 407 g/mol. The first-order valence-electron chi connectivity index (χ1n) is 9.09. The number of hydrogen-bond donors (Lipinski definition) is 1. The molecule has 10 heteroatoms. The molecule has 2 aromatic heterocycles. The minimum absolute atomic E-state index is 0.0242. The van der Waals surface area contributed by atoms with E-state index in [1.54, 1.807) is 11.6 Å². The fourth-order valence-corrected chi connectivity index (χ4v) is 3.61. The van der Waals surface area contributed by atoms with Gasteiger partial charge in [-0.2, -0.15) is 18.2 Å². The highest BCUT2D eigenvalue weighted by Crippen LogP contribution is 2.39. The van der Waals surface area contributed by atoms with Gasteiger partial charge < -0.3 is 19.3 Å². The minimum Gasteiger partial charge on any atom is -0.507 e. The molecule has 4 rings (SSSR count). The number of fused-ring (bicyclic) bond motifs is 1. The van der Waals surface area contributed by atoms with Crippen LogP contribution in [0.1, 0.15) is 17.5 Å². The van der Waals surface area contributed by atoms with E-state index in [1.807, 2.05) is 7.05 Å². The maximum absolute atomic E-state index is 13.0. The van der Waals surface area contributed by atoms with Gasteiger partial charge in [0.05, 0.1) is 17.3 Å². The predicted octanol–water partition coefficient (Wildman–Crippen LogP) is 3.15. The predicted molar refractivity (Wildman–Crippen MR) is 99.7 cm³/mol. The number of rotatable bonds is 3. The zero-order valence-corrected chi connectivity index (χ0v) is 16.2. The van der Waals surface area contributed by atoms with Gasteiger partial charge >= 0.3 is 6.18 Å². The van der Waals surface area contributed by atoms with Crippen LogP contribution in [0.3, 0.4) is 0 Å². The van der Waals surface area contributed by atoms with Gasteiger partial charge in [0.15, 0.2) is 5.65 Å². The van der Waals surface area contributed by atoms with Gasteiger partial charge in [-0.15, -0.1) is 0 Å². The molecule has 0 spiro atoms. The number of aryl methyl sites for hydroxylation is 2. The van der Waals surface area contributed by atoms with Crippen molar-refractivity contribution in [3.63, 3.8) is 0 Å². The highest BCUT2D eigenvalue weighted by molar-refractivity contribution is 5.78. The topological polar surface area (TPSA) is 76.3 Å². The molecule has 0 amide bonds. The average molecular weight is 407 g/mol. The van der Waals surface area contributed by atoms with Crippen LogP contribution < -0.4 is 4.74 Å². The van der Waals surface area contributed by atoms with E-state index in [4.69, 9.17) is 4.74 Å². The molecule has 1 aliphatic heterocycles. The summed E-state index contributed by atoms with van der Waals surface area (Å²) in [6, 6.07) is 1.69. The van der Waals surface area contributed by atoms with E-state index >= 15 is 0 Å². The van der Waals surface area contributed by atoms with E-state index < -0.39 is 17.5 Å². The highest BCUT2D eigenvalue weighted by atomic mass is 19.4. The summed E-state index contributed by atoms with van der Waals surface area (Å²) in [5, 5.41) is 10.3. The number of ether oxygens (including phenoxy) is 1. The van der Waals surface area contributed by atoms with Gasteiger partial charge in [-0.1, -0.05) is 0 Å². The van der Waals surface area contributed by atoms with Crippen molar-refractivity contribution in [2.45, 2.75) is 25.6 Å². The van der Waals surface area contributed by atoms with E-state index in [0.717, 1.165) is 25.6 Å². The van der Waals surface area contributed by atoms with Gasteiger partial charge in [0, 0.05) is 20.1 Å². The number of phenolic OH excluding ortho intramolecular Hbond substituents is 1. The van der Waals surface area contributed by atoms with Crippen LogP contribution in [0, 0.1) is 6.92 Å². The van der Waals surface area contributed by atoms with Crippen LogP contribution in [0.15, 0.2) is 18.3 Å². The second-order valence-corrected chi connectivity index (χ2v) is 7.33. The van der Waals surface area contributed by atoms with E-state index in [-0.39, 0.29) is 23.1 Å². The molecule has 3 heterocycles. The molecule has 0 aliphatic carbocycles. The van der Waals surface area contributed by atoms with Crippen LogP contribution in [-0.2, 0) is 13.2 Å². The quantitative estimate of drug-likeness (QED) is 0.719. The summed E-state index contributed by atoms with van der Waals surface area (Å²) >= 11 is 0. The maximum atomic E-state index is 13.0. The molecule has 0 saturated carbocycles. The third-order valence-electron chi connectivity index (χ3n) is 5.06. The zero-order valence-electron chi connectivity index (χ0n) is 16.2. The lowest BCUT2D eigenvalue weighted by Crippen LogP contribution is -2.21. The van der Waals surface area contributed by atoms with Crippen molar-refractivity contribution < 1.29 is 23.0 Å². The van der Waals surface area contributed by atoms with Gasteiger partial charge in [0.2, 0.25) is 11.5 Å². The molecule has 1 aliphatic rings. The Labute approximate surface area is 164 Å². The Morgan fingerprint density at radius 2 is 1.97 bits per heavy atom. The highest BCUT2D eigenvalue weighted by Gasteiger charge is 2.32. The smallest absolute Gasteiger partial charge is 0.416 e. The lowest BCUT2D eigenvalue weighted by atomic mass is 10.0. The molecule has 1 N–H and O–H groups in total. The second kappa shape index (κ2) is 6.87. The number of aromatic nitrogens is 4. The number of phenols is 1. The SMILES string of the molecule is Cc1cc(C(F)(F)F)cc(O)c1-c1nc2nc(O[C@H]3CCN(C)C3)cnc2n1C. The van der Waals surface area contributed by atoms with Crippen molar-refractivity contribution in [2.75, 3.05) is 20.1 Å². The summed E-state index contributed by atoms with van der Waals surface area (Å²) in [6.45, 7) is 3.24. The van der Waals surface area contributed by atoms with Crippen molar-refractivity contribution >= 4 is 11.3 Å². The lowest BCUT2D eigenvalue weighted by Gasteiger charge is -2.13. The first-order chi connectivity index (χ1) is 13.6. The fourth-order valence-electron chi connectivity index (χ4n) is 3.61. The molecule has 0 unspecified atom stereocenters. The van der Waals surface area contributed by atoms with Crippen LogP contribution in [0.25, 0.3) is 22.7 Å². The molecular weight excluding hydrogens is 387 g/mol. The fraction of sp³-hybridized carbons (Fsp3) is 0.421. The first kappa shape index (κ1) is 19.4. The van der Waals surface area contributed by atoms with Gasteiger partial charge in [-0.05, 0) is 38.1 Å². The molecule has 0 radical (unpaired) electrons. The van der Waals surface area contributed by atoms with Crippen molar-refractivity contribution in [2.24, 2.45) is 7.05 Å². The van der Waals surface area contributed by atoms with Gasteiger partial charge in [0.25, 0.3) is 0 Å². The molecule has 0 bridgehead atoms. The Morgan fingerprint density at radius 3 is 2.59 bits per heavy atom. The standard InChI is InChI=1S/C19H20F3N5O2/c1-10-6-11(19(20,21)22)7-13(28)15(10)17-25-16-18(27(17)3)23-8-14(24-16)29-12-4-5-26(2)9-12/h6-8,12,28H,4-5,9H2,1-3H3/t12-/m0/s1. The number of aromatic hydroxyl groups is 1. The zero-order chi connectivity index (χ0) is 20.9. The number of imidazole rings is 1. The Hall–Kier alpha value is -2.88. The largest absolute Gasteiger partial charge is 0.507 e. The summed E-state index contributed by atoms with van der Waals surface area (Å²) < 4.78 is 46.4. The molecule has 154 valence electrons. The van der Waals surface area contributed by atoms with Gasteiger partial charge in [-0.3, -0.25) is 0 Å². The molecule has 1 fully saturated rings. The number of hydrogen-bond acceptors (Lipinski definition) is 6. The number of likely N-dealkylation sites (tertiary alicyclic amines) is 1. The molecule has 1 saturated heterocycles. The Balaban J connectivity index is 1.72. The van der Waals surface area contributed by atoms with E-state index in [0.29, 0.717) is 23.2 Å². The first-order valence-corrected chi connectivity index (χ1v) is 9.09. The normalized spacial score (nSPS) is 17.9. The summed E-state index contributed by atoms with van der Waals surface area (Å²) in [4.78, 5) is 15.3. The van der Waals surface area contributed by atoms with Crippen molar-refractivity contribution in [1.82, 2.24) is 24.4 Å². The third kappa shape index (κ3) is 3.59. The number of halogens is 3. The minimum atomic E-state index is -4.54. The van der Waals surface area contributed by atoms with Crippen LogP contribution in [0.5, 0.6) is 11.6 Å². The maximum Gasteiger partial charge on any atom is 0.416 e. The van der Waals surface area contributed by atoms with Crippen LogP contribution in [0.4, 0.5) is 13.2 Å². The van der Waals surface area contributed by atoms with Crippen molar-refractivity contribution in [1.29, 1.82) is 0 Å². The van der Waals surface area contributed by atoms with Gasteiger partial charge in [-0.25, -0.2) is 9.97 Å².